The number of carbonyl (C=O) groups is 1. The highest BCUT2D eigenvalue weighted by molar-refractivity contribution is 7.17. The number of halogens is 1. The van der Waals surface area contributed by atoms with E-state index in [1.807, 2.05) is 6.07 Å². The third-order valence-corrected chi connectivity index (χ3v) is 3.55. The molecule has 6 nitrogen and oxygen atoms in total. The van der Waals surface area contributed by atoms with Crippen LogP contribution in [-0.2, 0) is 6.54 Å². The minimum atomic E-state index is -0.327. The number of hydrogen-bond acceptors (Lipinski definition) is 6. The molecule has 8 heteroatoms. The molecule has 2 rings (SSSR count). The number of amides is 1. The molecular weight excluding hydrogens is 302 g/mol. The van der Waals surface area contributed by atoms with E-state index in [9.17, 15) is 4.79 Å². The summed E-state index contributed by atoms with van der Waals surface area (Å²) in [6.45, 7) is 0.309. The summed E-state index contributed by atoms with van der Waals surface area (Å²) in [4.78, 5) is 11.8. The highest BCUT2D eigenvalue weighted by Crippen LogP contribution is 2.24. The Morgan fingerprint density at radius 1 is 1.35 bits per heavy atom. The van der Waals surface area contributed by atoms with E-state index in [1.165, 1.54) is 0 Å². The van der Waals surface area contributed by atoms with E-state index in [2.05, 4.69) is 15.5 Å². The van der Waals surface area contributed by atoms with Crippen molar-refractivity contribution in [1.82, 2.24) is 15.5 Å². The monoisotopic (exact) mass is 313 g/mol. The minimum Gasteiger partial charge on any atom is -0.497 e. The molecule has 0 fully saturated rings. The first-order chi connectivity index (χ1) is 9.63. The van der Waals surface area contributed by atoms with Gasteiger partial charge in [0.05, 0.1) is 14.2 Å². The molecule has 0 saturated carbocycles. The van der Waals surface area contributed by atoms with E-state index < -0.39 is 0 Å². The zero-order valence-corrected chi connectivity index (χ0v) is 12.4. The van der Waals surface area contributed by atoms with Gasteiger partial charge in [-0.2, -0.15) is 0 Å². The van der Waals surface area contributed by atoms with Crippen LogP contribution in [0.25, 0.3) is 0 Å². The maximum Gasteiger partial charge on any atom is 0.282 e. The van der Waals surface area contributed by atoms with Gasteiger partial charge in [0.1, 0.15) is 11.5 Å². The maximum absolute atomic E-state index is 11.8. The minimum absolute atomic E-state index is 0.225. The van der Waals surface area contributed by atoms with Crippen LogP contribution in [0.4, 0.5) is 0 Å². The third-order valence-electron chi connectivity index (χ3n) is 2.53. The molecule has 106 valence electrons. The molecule has 0 atom stereocenters. The van der Waals surface area contributed by atoms with Crippen molar-refractivity contribution in [2.24, 2.45) is 0 Å². The molecule has 0 radical (unpaired) electrons. The molecule has 1 aromatic carbocycles. The number of ether oxygens (including phenoxy) is 2. The molecule has 1 amide bonds. The Bertz CT molecular complexity index is 618. The number of rotatable bonds is 5. The fourth-order valence-corrected chi connectivity index (χ4v) is 2.29. The Balaban J connectivity index is 2.05. The van der Waals surface area contributed by atoms with Gasteiger partial charge in [-0.3, -0.25) is 4.79 Å². The zero-order chi connectivity index (χ0) is 14.5. The van der Waals surface area contributed by atoms with Crippen LogP contribution in [0, 0.1) is 0 Å². The summed E-state index contributed by atoms with van der Waals surface area (Å²) in [5.41, 5.74) is 0.831. The lowest BCUT2D eigenvalue weighted by Gasteiger charge is -2.10. The summed E-state index contributed by atoms with van der Waals surface area (Å²) >= 11 is 6.66. The quantitative estimate of drug-likeness (QED) is 0.915. The summed E-state index contributed by atoms with van der Waals surface area (Å²) in [6.07, 6.45) is 0. The molecule has 0 spiro atoms. The first kappa shape index (κ1) is 14.5. The first-order valence-electron chi connectivity index (χ1n) is 5.62. The first-order valence-corrected chi connectivity index (χ1v) is 6.81. The van der Waals surface area contributed by atoms with Crippen molar-refractivity contribution in [1.29, 1.82) is 0 Å². The normalized spacial score (nSPS) is 10.2. The van der Waals surface area contributed by atoms with Gasteiger partial charge < -0.3 is 14.8 Å². The maximum atomic E-state index is 11.8. The lowest BCUT2D eigenvalue weighted by molar-refractivity contribution is 0.0949. The molecular formula is C12H12ClN3O3S. The van der Waals surface area contributed by atoms with E-state index in [0.717, 1.165) is 16.9 Å². The summed E-state index contributed by atoms with van der Waals surface area (Å²) in [6, 6.07) is 5.38. The Morgan fingerprint density at radius 3 is 2.75 bits per heavy atom. The van der Waals surface area contributed by atoms with Crippen LogP contribution in [0.1, 0.15) is 15.4 Å². The predicted octanol–water partition coefficient (Wildman–Crippen LogP) is 2.14. The van der Waals surface area contributed by atoms with Crippen LogP contribution in [0.2, 0.25) is 4.47 Å². The second-order valence-electron chi connectivity index (χ2n) is 3.72. The fourth-order valence-electron chi connectivity index (χ4n) is 1.55. The van der Waals surface area contributed by atoms with E-state index in [-0.39, 0.29) is 15.4 Å². The second kappa shape index (κ2) is 6.53. The van der Waals surface area contributed by atoms with Gasteiger partial charge in [0.15, 0.2) is 0 Å². The molecule has 1 N–H and O–H groups in total. The van der Waals surface area contributed by atoms with Crippen molar-refractivity contribution in [2.45, 2.75) is 6.54 Å². The Morgan fingerprint density at radius 2 is 2.15 bits per heavy atom. The Labute approximate surface area is 124 Å². The molecule has 20 heavy (non-hydrogen) atoms. The van der Waals surface area contributed by atoms with Gasteiger partial charge in [0.25, 0.3) is 5.91 Å². The zero-order valence-electron chi connectivity index (χ0n) is 10.8. The third kappa shape index (κ3) is 3.37. The lowest BCUT2D eigenvalue weighted by Crippen LogP contribution is -2.22. The summed E-state index contributed by atoms with van der Waals surface area (Å²) in [5.74, 6) is 1.00. The van der Waals surface area contributed by atoms with Crippen LogP contribution >= 0.6 is 22.9 Å². The van der Waals surface area contributed by atoms with E-state index in [1.54, 1.807) is 26.4 Å². The van der Waals surface area contributed by atoms with Crippen LogP contribution in [-0.4, -0.2) is 30.3 Å². The summed E-state index contributed by atoms with van der Waals surface area (Å²) in [5, 5.41) is 10.2. The van der Waals surface area contributed by atoms with Crippen LogP contribution in [0.5, 0.6) is 11.5 Å². The largest absolute Gasteiger partial charge is 0.497 e. The molecule has 1 aromatic heterocycles. The number of nitrogens with zero attached hydrogens (tertiary/aromatic N) is 2. The number of methoxy groups -OCH3 is 2. The molecule has 0 aliphatic carbocycles. The number of aromatic nitrogens is 2. The van der Waals surface area contributed by atoms with Gasteiger partial charge >= 0.3 is 0 Å². The van der Waals surface area contributed by atoms with Gasteiger partial charge in [-0.05, 0) is 23.7 Å². The highest BCUT2D eigenvalue weighted by atomic mass is 35.5. The van der Waals surface area contributed by atoms with Gasteiger partial charge in [-0.1, -0.05) is 11.3 Å². The average Bonchev–Trinajstić information content (AvgIpc) is 2.91. The van der Waals surface area contributed by atoms with Crippen LogP contribution < -0.4 is 14.8 Å². The van der Waals surface area contributed by atoms with Gasteiger partial charge in [0, 0.05) is 18.2 Å². The number of nitrogens with one attached hydrogen (secondary N) is 1. The predicted molar refractivity (Wildman–Crippen MR) is 75.6 cm³/mol. The molecule has 0 aliphatic rings. The van der Waals surface area contributed by atoms with E-state index >= 15 is 0 Å². The van der Waals surface area contributed by atoms with E-state index in [0.29, 0.717) is 18.0 Å². The average molecular weight is 314 g/mol. The molecule has 0 aliphatic heterocycles. The molecule has 0 unspecified atom stereocenters. The van der Waals surface area contributed by atoms with Crippen molar-refractivity contribution in [3.8, 4) is 11.5 Å². The van der Waals surface area contributed by atoms with Gasteiger partial charge in [0.2, 0.25) is 9.47 Å². The smallest absolute Gasteiger partial charge is 0.282 e. The number of hydrogen-bond donors (Lipinski definition) is 1. The van der Waals surface area contributed by atoms with Crippen molar-refractivity contribution >= 4 is 28.8 Å². The second-order valence-corrected chi connectivity index (χ2v) is 5.28. The Kier molecular flexibility index (Phi) is 4.75. The Hall–Kier alpha value is -1.86. The van der Waals surface area contributed by atoms with Crippen LogP contribution in [0.3, 0.4) is 0 Å². The van der Waals surface area contributed by atoms with Crippen molar-refractivity contribution < 1.29 is 14.3 Å². The molecule has 0 saturated heterocycles. The SMILES string of the molecule is COc1ccc(CNC(=O)c2nnc(Cl)s2)c(OC)c1. The summed E-state index contributed by atoms with van der Waals surface area (Å²) in [7, 11) is 3.14. The lowest BCUT2D eigenvalue weighted by atomic mass is 10.2. The van der Waals surface area contributed by atoms with Gasteiger partial charge in [-0.15, -0.1) is 10.2 Å². The van der Waals surface area contributed by atoms with E-state index in [4.69, 9.17) is 21.1 Å². The molecule has 2 aromatic rings. The van der Waals surface area contributed by atoms with Crippen LogP contribution in [0.15, 0.2) is 18.2 Å². The number of carbonyl (C=O) groups excluding carboxylic acids is 1. The summed E-state index contributed by atoms with van der Waals surface area (Å²) < 4.78 is 10.6. The topological polar surface area (TPSA) is 73.3 Å². The van der Waals surface area contributed by atoms with Crippen molar-refractivity contribution in [3.05, 3.63) is 33.2 Å². The van der Waals surface area contributed by atoms with Crippen molar-refractivity contribution in [3.63, 3.8) is 0 Å². The van der Waals surface area contributed by atoms with Gasteiger partial charge in [-0.25, -0.2) is 0 Å². The molecule has 0 bridgehead atoms. The highest BCUT2D eigenvalue weighted by Gasteiger charge is 2.13. The van der Waals surface area contributed by atoms with Crippen molar-refractivity contribution in [2.75, 3.05) is 14.2 Å². The fraction of sp³-hybridized carbons (Fsp3) is 0.250. The number of benzene rings is 1. The molecule has 1 heterocycles. The standard InChI is InChI=1S/C12H12ClN3O3S/c1-18-8-4-3-7(9(5-8)19-2)6-14-10(17)11-15-16-12(13)20-11/h3-5H,6H2,1-2H3,(H,14,17).